The van der Waals surface area contributed by atoms with Gasteiger partial charge in [-0.3, -0.25) is 9.80 Å². The maximum absolute atomic E-state index is 10.4. The van der Waals surface area contributed by atoms with E-state index < -0.39 is 5.60 Å². The van der Waals surface area contributed by atoms with Crippen LogP contribution in [0.1, 0.15) is 32.6 Å². The van der Waals surface area contributed by atoms with Gasteiger partial charge in [-0.15, -0.1) is 0 Å². The van der Waals surface area contributed by atoms with Crippen molar-refractivity contribution >= 4 is 0 Å². The highest BCUT2D eigenvalue weighted by molar-refractivity contribution is 4.88. The summed E-state index contributed by atoms with van der Waals surface area (Å²) in [6, 6.07) is 0. The van der Waals surface area contributed by atoms with Crippen LogP contribution in [0.3, 0.4) is 0 Å². The van der Waals surface area contributed by atoms with Crippen molar-refractivity contribution in [3.63, 3.8) is 0 Å². The monoisotopic (exact) mass is 242 g/mol. The molecule has 100 valence electrons. The molecular formula is C13H26N2O2. The van der Waals surface area contributed by atoms with E-state index in [2.05, 4.69) is 9.80 Å². The predicted octanol–water partition coefficient (Wildman–Crippen LogP) is 0.290. The summed E-state index contributed by atoms with van der Waals surface area (Å²) in [7, 11) is 0. The van der Waals surface area contributed by atoms with Gasteiger partial charge in [0.25, 0.3) is 0 Å². The van der Waals surface area contributed by atoms with Gasteiger partial charge in [0.05, 0.1) is 11.7 Å². The third-order valence-electron chi connectivity index (χ3n) is 4.04. The van der Waals surface area contributed by atoms with Gasteiger partial charge in [0.2, 0.25) is 0 Å². The fourth-order valence-electron chi connectivity index (χ4n) is 3.11. The molecule has 0 aromatic heterocycles. The third-order valence-corrected chi connectivity index (χ3v) is 4.04. The van der Waals surface area contributed by atoms with E-state index in [9.17, 15) is 10.2 Å². The van der Waals surface area contributed by atoms with Gasteiger partial charge in [0.15, 0.2) is 0 Å². The van der Waals surface area contributed by atoms with Gasteiger partial charge in [-0.1, -0.05) is 12.8 Å². The molecule has 0 amide bonds. The largest absolute Gasteiger partial charge is 0.392 e. The van der Waals surface area contributed by atoms with Crippen LogP contribution in [-0.4, -0.2) is 71.0 Å². The number of piperazine rings is 1. The zero-order valence-electron chi connectivity index (χ0n) is 10.9. The highest BCUT2D eigenvalue weighted by atomic mass is 16.3. The molecule has 2 aliphatic rings. The summed E-state index contributed by atoms with van der Waals surface area (Å²) < 4.78 is 0. The van der Waals surface area contributed by atoms with Crippen molar-refractivity contribution < 1.29 is 10.2 Å². The van der Waals surface area contributed by atoms with Gasteiger partial charge in [0, 0.05) is 39.3 Å². The normalized spacial score (nSPS) is 28.4. The lowest BCUT2D eigenvalue weighted by atomic mass is 10.0. The van der Waals surface area contributed by atoms with Crippen LogP contribution in [0, 0.1) is 0 Å². The van der Waals surface area contributed by atoms with E-state index in [0.717, 1.165) is 52.1 Å². The third kappa shape index (κ3) is 3.91. The predicted molar refractivity (Wildman–Crippen MR) is 68.0 cm³/mol. The molecule has 0 spiro atoms. The maximum Gasteiger partial charge on any atom is 0.0774 e. The SMILES string of the molecule is CC(O)CN1CCN(CC2(O)CCCC2)CC1. The minimum Gasteiger partial charge on any atom is -0.392 e. The lowest BCUT2D eigenvalue weighted by Gasteiger charge is -2.38. The van der Waals surface area contributed by atoms with Crippen LogP contribution in [0.5, 0.6) is 0 Å². The zero-order valence-corrected chi connectivity index (χ0v) is 10.9. The molecule has 1 atom stereocenters. The van der Waals surface area contributed by atoms with Gasteiger partial charge < -0.3 is 10.2 Å². The average Bonchev–Trinajstić information content (AvgIpc) is 2.67. The lowest BCUT2D eigenvalue weighted by molar-refractivity contribution is -0.00844. The quantitative estimate of drug-likeness (QED) is 0.744. The Hall–Kier alpha value is -0.160. The highest BCUT2D eigenvalue weighted by Gasteiger charge is 2.33. The molecule has 1 aliphatic heterocycles. The van der Waals surface area contributed by atoms with Crippen LogP contribution in [0.25, 0.3) is 0 Å². The Balaban J connectivity index is 1.71. The van der Waals surface area contributed by atoms with Crippen molar-refractivity contribution in [3.8, 4) is 0 Å². The molecule has 4 nitrogen and oxygen atoms in total. The second-order valence-corrected chi connectivity index (χ2v) is 5.86. The van der Waals surface area contributed by atoms with Crippen LogP contribution >= 0.6 is 0 Å². The molecular weight excluding hydrogens is 216 g/mol. The fourth-order valence-corrected chi connectivity index (χ4v) is 3.11. The first-order valence-corrected chi connectivity index (χ1v) is 6.93. The molecule has 0 aromatic rings. The van der Waals surface area contributed by atoms with Crippen LogP contribution in [0.4, 0.5) is 0 Å². The number of rotatable bonds is 4. The summed E-state index contributed by atoms with van der Waals surface area (Å²) >= 11 is 0. The van der Waals surface area contributed by atoms with E-state index >= 15 is 0 Å². The highest BCUT2D eigenvalue weighted by Crippen LogP contribution is 2.30. The summed E-state index contributed by atoms with van der Waals surface area (Å²) in [5, 5.41) is 19.7. The summed E-state index contributed by atoms with van der Waals surface area (Å²) in [4.78, 5) is 4.68. The molecule has 0 bridgehead atoms. The number of aliphatic hydroxyl groups is 2. The fraction of sp³-hybridized carbons (Fsp3) is 1.00. The lowest BCUT2D eigenvalue weighted by Crippen LogP contribution is -2.52. The first kappa shape index (κ1) is 13.3. The number of hydrogen-bond acceptors (Lipinski definition) is 4. The summed E-state index contributed by atoms with van der Waals surface area (Å²) in [5.74, 6) is 0. The molecule has 2 rings (SSSR count). The van der Waals surface area contributed by atoms with E-state index in [1.54, 1.807) is 0 Å². The van der Waals surface area contributed by atoms with E-state index in [1.807, 2.05) is 6.92 Å². The minimum atomic E-state index is -0.410. The number of hydrogen-bond donors (Lipinski definition) is 2. The first-order valence-electron chi connectivity index (χ1n) is 6.93. The van der Waals surface area contributed by atoms with Crippen LogP contribution < -0.4 is 0 Å². The van der Waals surface area contributed by atoms with Gasteiger partial charge in [-0.25, -0.2) is 0 Å². The molecule has 0 aromatic carbocycles. The second-order valence-electron chi connectivity index (χ2n) is 5.86. The Morgan fingerprint density at radius 3 is 2.12 bits per heavy atom. The van der Waals surface area contributed by atoms with Crippen molar-refractivity contribution in [3.05, 3.63) is 0 Å². The van der Waals surface area contributed by atoms with Gasteiger partial charge in [-0.05, 0) is 19.8 Å². The van der Waals surface area contributed by atoms with E-state index in [4.69, 9.17) is 0 Å². The van der Waals surface area contributed by atoms with Gasteiger partial charge >= 0.3 is 0 Å². The number of aliphatic hydroxyl groups excluding tert-OH is 1. The molecule has 2 N–H and O–H groups in total. The smallest absolute Gasteiger partial charge is 0.0774 e. The van der Waals surface area contributed by atoms with E-state index in [-0.39, 0.29) is 6.10 Å². The molecule has 1 heterocycles. The topological polar surface area (TPSA) is 46.9 Å². The van der Waals surface area contributed by atoms with Crippen LogP contribution in [-0.2, 0) is 0 Å². The zero-order chi connectivity index (χ0) is 12.3. The molecule has 1 unspecified atom stereocenters. The summed E-state index contributed by atoms with van der Waals surface area (Å²) in [6.45, 7) is 7.53. The molecule has 0 radical (unpaired) electrons. The number of nitrogens with zero attached hydrogens (tertiary/aromatic N) is 2. The Bertz CT molecular complexity index is 232. The minimum absolute atomic E-state index is 0.236. The second kappa shape index (κ2) is 5.65. The molecule has 1 saturated carbocycles. The molecule has 2 fully saturated rings. The number of β-amino-alcohol motifs (C(OH)–C–C–N with tert-alkyl or cyclic N) is 2. The van der Waals surface area contributed by atoms with Crippen LogP contribution in [0.2, 0.25) is 0 Å². The van der Waals surface area contributed by atoms with Crippen molar-refractivity contribution in [2.45, 2.75) is 44.3 Å². The molecule has 1 saturated heterocycles. The summed E-state index contributed by atoms with van der Waals surface area (Å²) in [5.41, 5.74) is -0.410. The van der Waals surface area contributed by atoms with Crippen molar-refractivity contribution in [1.29, 1.82) is 0 Å². The molecule has 1 aliphatic carbocycles. The average molecular weight is 242 g/mol. The Kier molecular flexibility index (Phi) is 4.42. The Morgan fingerprint density at radius 1 is 1.06 bits per heavy atom. The Morgan fingerprint density at radius 2 is 1.59 bits per heavy atom. The van der Waals surface area contributed by atoms with Crippen LogP contribution in [0.15, 0.2) is 0 Å². The van der Waals surface area contributed by atoms with Gasteiger partial charge in [0.1, 0.15) is 0 Å². The molecule has 17 heavy (non-hydrogen) atoms. The van der Waals surface area contributed by atoms with E-state index in [1.165, 1.54) is 12.8 Å². The summed E-state index contributed by atoms with van der Waals surface area (Å²) in [6.07, 6.45) is 4.07. The van der Waals surface area contributed by atoms with E-state index in [0.29, 0.717) is 0 Å². The van der Waals surface area contributed by atoms with Gasteiger partial charge in [-0.2, -0.15) is 0 Å². The standard InChI is InChI=1S/C13H26N2O2/c1-12(16)10-14-6-8-15(9-7-14)11-13(17)4-2-3-5-13/h12,16-17H,2-11H2,1H3. The first-order chi connectivity index (χ1) is 8.07. The van der Waals surface area contributed by atoms with Crippen molar-refractivity contribution in [2.75, 3.05) is 39.3 Å². The van der Waals surface area contributed by atoms with Crippen molar-refractivity contribution in [2.24, 2.45) is 0 Å². The maximum atomic E-state index is 10.4. The van der Waals surface area contributed by atoms with Crippen molar-refractivity contribution in [1.82, 2.24) is 9.80 Å². The Labute approximate surface area is 104 Å². The molecule has 4 heteroatoms.